The third kappa shape index (κ3) is 4.56. The molecule has 3 heterocycles. The number of nitrogens with zero attached hydrogens (tertiary/aromatic N) is 3. The van der Waals surface area contributed by atoms with Crippen molar-refractivity contribution in [2.24, 2.45) is 0 Å². The van der Waals surface area contributed by atoms with Crippen LogP contribution in [-0.4, -0.2) is 97.3 Å². The number of carbonyl (C=O) groups excluding carboxylic acids is 3. The van der Waals surface area contributed by atoms with Crippen LogP contribution in [0.1, 0.15) is 33.6 Å². The maximum Gasteiger partial charge on any atom is 0.256 e. The van der Waals surface area contributed by atoms with Crippen molar-refractivity contribution in [2.75, 3.05) is 53.1 Å². The van der Waals surface area contributed by atoms with Crippen molar-refractivity contribution in [3.63, 3.8) is 0 Å². The quantitative estimate of drug-likeness (QED) is 0.648. The Morgan fingerprint density at radius 1 is 0.833 bits per heavy atom. The second-order valence-electron chi connectivity index (χ2n) is 9.27. The summed E-state index contributed by atoms with van der Waals surface area (Å²) in [4.78, 5) is 45.6. The molecule has 2 aromatic carbocycles. The summed E-state index contributed by atoms with van der Waals surface area (Å²) >= 11 is 0. The maximum absolute atomic E-state index is 13.8. The van der Waals surface area contributed by atoms with Crippen molar-refractivity contribution in [1.82, 2.24) is 14.7 Å². The average molecular weight is 494 g/mol. The maximum atomic E-state index is 13.8. The number of ether oxygens (including phenoxy) is 3. The van der Waals surface area contributed by atoms with E-state index in [1.54, 1.807) is 58.2 Å². The Bertz CT molecular complexity index is 1090. The molecule has 3 saturated heterocycles. The van der Waals surface area contributed by atoms with Crippen LogP contribution in [0.15, 0.2) is 54.6 Å². The highest BCUT2D eigenvalue weighted by Crippen LogP contribution is 2.39. The van der Waals surface area contributed by atoms with E-state index < -0.39 is 11.8 Å². The van der Waals surface area contributed by atoms with Gasteiger partial charge < -0.3 is 24.0 Å². The number of rotatable bonds is 4. The average Bonchev–Trinajstić information content (AvgIpc) is 3.31. The summed E-state index contributed by atoms with van der Waals surface area (Å²) in [7, 11) is 1.59. The molecule has 0 aromatic heterocycles. The van der Waals surface area contributed by atoms with Crippen LogP contribution in [0.3, 0.4) is 0 Å². The van der Waals surface area contributed by atoms with Crippen molar-refractivity contribution in [3.05, 3.63) is 65.7 Å². The van der Waals surface area contributed by atoms with E-state index in [-0.39, 0.29) is 24.3 Å². The molecule has 2 aromatic rings. The van der Waals surface area contributed by atoms with Crippen LogP contribution in [0.5, 0.6) is 5.75 Å². The molecule has 3 aliphatic rings. The van der Waals surface area contributed by atoms with Crippen molar-refractivity contribution in [2.45, 2.75) is 24.6 Å². The van der Waals surface area contributed by atoms with Crippen LogP contribution >= 0.6 is 0 Å². The van der Waals surface area contributed by atoms with Crippen LogP contribution < -0.4 is 4.74 Å². The first-order valence-electron chi connectivity index (χ1n) is 12.3. The fourth-order valence-electron chi connectivity index (χ4n) is 5.25. The number of hydrogen-bond donors (Lipinski definition) is 0. The fraction of sp³-hybridized carbons (Fsp3) is 0.444. The summed E-state index contributed by atoms with van der Waals surface area (Å²) in [6, 6.07) is 15.3. The van der Waals surface area contributed by atoms with Gasteiger partial charge in [-0.05, 0) is 36.4 Å². The van der Waals surface area contributed by atoms with Gasteiger partial charge in [0.15, 0.2) is 0 Å². The first-order chi connectivity index (χ1) is 17.5. The van der Waals surface area contributed by atoms with Gasteiger partial charge in [-0.25, -0.2) is 0 Å². The Labute approximate surface area is 210 Å². The van der Waals surface area contributed by atoms with E-state index in [9.17, 15) is 14.4 Å². The van der Waals surface area contributed by atoms with E-state index in [1.165, 1.54) is 0 Å². The van der Waals surface area contributed by atoms with Gasteiger partial charge in [0.1, 0.15) is 17.5 Å². The number of piperidine rings is 1. The number of morpholine rings is 1. The lowest BCUT2D eigenvalue weighted by Crippen LogP contribution is -2.60. The van der Waals surface area contributed by atoms with Crippen LogP contribution in [0, 0.1) is 0 Å². The smallest absolute Gasteiger partial charge is 0.256 e. The minimum atomic E-state index is -0.934. The molecule has 0 N–H and O–H groups in total. The third-order valence-electron chi connectivity index (χ3n) is 7.28. The van der Waals surface area contributed by atoms with Crippen LogP contribution in [0.2, 0.25) is 0 Å². The summed E-state index contributed by atoms with van der Waals surface area (Å²) in [5.74, 6) is 0.271. The lowest BCUT2D eigenvalue weighted by molar-refractivity contribution is -0.141. The second-order valence-corrected chi connectivity index (χ2v) is 9.27. The van der Waals surface area contributed by atoms with E-state index in [2.05, 4.69) is 0 Å². The molecule has 0 bridgehead atoms. The van der Waals surface area contributed by atoms with Gasteiger partial charge in [-0.3, -0.25) is 19.3 Å². The molecule has 3 fully saturated rings. The van der Waals surface area contributed by atoms with E-state index in [0.29, 0.717) is 69.1 Å². The SMILES string of the molecule is COc1ccc(C(=O)N2CCC3(CC2)OC[C@@H](C(=O)N2CCOCC2)N3C(=O)c2ccccc2)cc1. The van der Waals surface area contributed by atoms with Gasteiger partial charge in [0, 0.05) is 50.1 Å². The predicted molar refractivity (Wildman–Crippen MR) is 131 cm³/mol. The molecule has 9 nitrogen and oxygen atoms in total. The van der Waals surface area contributed by atoms with E-state index >= 15 is 0 Å². The summed E-state index contributed by atoms with van der Waals surface area (Å²) in [5.41, 5.74) is 0.159. The number of amides is 3. The lowest BCUT2D eigenvalue weighted by Gasteiger charge is -2.45. The molecule has 0 radical (unpaired) electrons. The van der Waals surface area contributed by atoms with Gasteiger partial charge in [-0.2, -0.15) is 0 Å². The van der Waals surface area contributed by atoms with Crippen LogP contribution in [-0.2, 0) is 14.3 Å². The number of benzene rings is 2. The largest absolute Gasteiger partial charge is 0.497 e. The zero-order valence-electron chi connectivity index (χ0n) is 20.4. The zero-order chi connectivity index (χ0) is 25.1. The molecular weight excluding hydrogens is 462 g/mol. The first kappa shape index (κ1) is 24.3. The van der Waals surface area contributed by atoms with Crippen molar-refractivity contribution in [1.29, 1.82) is 0 Å². The molecule has 0 unspecified atom stereocenters. The Morgan fingerprint density at radius 3 is 2.11 bits per heavy atom. The number of methoxy groups -OCH3 is 1. The molecule has 0 aliphatic carbocycles. The van der Waals surface area contributed by atoms with Crippen molar-refractivity contribution in [3.8, 4) is 5.75 Å². The minimum absolute atomic E-state index is 0.0765. The molecule has 1 atom stereocenters. The van der Waals surface area contributed by atoms with Gasteiger partial charge in [-0.1, -0.05) is 18.2 Å². The predicted octanol–water partition coefficient (Wildman–Crippen LogP) is 2.03. The summed E-state index contributed by atoms with van der Waals surface area (Å²) in [6.45, 7) is 2.95. The number of carbonyl (C=O) groups is 3. The fourth-order valence-corrected chi connectivity index (χ4v) is 5.25. The Morgan fingerprint density at radius 2 is 1.47 bits per heavy atom. The molecule has 1 spiro atoms. The molecule has 3 aliphatic heterocycles. The Balaban J connectivity index is 1.36. The van der Waals surface area contributed by atoms with Crippen molar-refractivity contribution >= 4 is 17.7 Å². The minimum Gasteiger partial charge on any atom is -0.497 e. The highest BCUT2D eigenvalue weighted by Gasteiger charge is 2.55. The molecule has 9 heteroatoms. The third-order valence-corrected chi connectivity index (χ3v) is 7.28. The van der Waals surface area contributed by atoms with Crippen LogP contribution in [0.4, 0.5) is 0 Å². The molecular formula is C27H31N3O6. The summed E-state index contributed by atoms with van der Waals surface area (Å²) in [6.07, 6.45) is 0.862. The number of likely N-dealkylation sites (tertiary alicyclic amines) is 1. The van der Waals surface area contributed by atoms with Gasteiger partial charge in [0.25, 0.3) is 11.8 Å². The van der Waals surface area contributed by atoms with Gasteiger partial charge in [-0.15, -0.1) is 0 Å². The highest BCUT2D eigenvalue weighted by atomic mass is 16.5. The molecule has 36 heavy (non-hydrogen) atoms. The lowest BCUT2D eigenvalue weighted by atomic mass is 9.96. The summed E-state index contributed by atoms with van der Waals surface area (Å²) in [5, 5.41) is 0. The monoisotopic (exact) mass is 493 g/mol. The second kappa shape index (κ2) is 10.3. The first-order valence-corrected chi connectivity index (χ1v) is 12.3. The highest BCUT2D eigenvalue weighted by molar-refractivity contribution is 5.98. The van der Waals surface area contributed by atoms with Gasteiger partial charge >= 0.3 is 0 Å². The molecule has 190 valence electrons. The Kier molecular flexibility index (Phi) is 6.93. The number of hydrogen-bond acceptors (Lipinski definition) is 6. The normalized spacial score (nSPS) is 21.5. The van der Waals surface area contributed by atoms with E-state index in [0.717, 1.165) is 0 Å². The zero-order valence-corrected chi connectivity index (χ0v) is 20.4. The van der Waals surface area contributed by atoms with Crippen LogP contribution in [0.25, 0.3) is 0 Å². The standard InChI is InChI=1S/C27H31N3O6/c1-34-22-9-7-21(8-10-22)24(31)28-13-11-27(12-14-28)30(25(32)20-5-3-2-4-6-20)23(19-36-27)26(33)29-15-17-35-18-16-29/h2-10,23H,11-19H2,1H3/t23-/m0/s1. The van der Waals surface area contributed by atoms with Gasteiger partial charge in [0.2, 0.25) is 5.91 Å². The van der Waals surface area contributed by atoms with Gasteiger partial charge in [0.05, 0.1) is 26.9 Å². The molecule has 0 saturated carbocycles. The van der Waals surface area contributed by atoms with E-state index in [1.807, 2.05) is 18.2 Å². The molecule has 3 amide bonds. The topological polar surface area (TPSA) is 88.6 Å². The summed E-state index contributed by atoms with van der Waals surface area (Å²) < 4.78 is 16.9. The Hall–Kier alpha value is -3.43. The molecule has 5 rings (SSSR count). The van der Waals surface area contributed by atoms with Crippen molar-refractivity contribution < 1.29 is 28.6 Å². The van der Waals surface area contributed by atoms with E-state index in [4.69, 9.17) is 14.2 Å².